The van der Waals surface area contributed by atoms with E-state index in [2.05, 4.69) is 20.7 Å². The van der Waals surface area contributed by atoms with Gasteiger partial charge in [0, 0.05) is 6.04 Å². The van der Waals surface area contributed by atoms with Crippen LogP contribution in [0.1, 0.15) is 24.9 Å². The lowest BCUT2D eigenvalue weighted by Gasteiger charge is -2.18. The number of rotatable bonds is 7. The first kappa shape index (κ1) is 18.8. The molecule has 1 N–H and O–H groups in total. The molecule has 2 rings (SSSR count). The Kier molecular flexibility index (Phi) is 6.26. The fraction of sp³-hybridized carbons (Fsp3) is 0.294. The van der Waals surface area contributed by atoms with Crippen molar-refractivity contribution in [2.45, 2.75) is 24.3 Å². The summed E-state index contributed by atoms with van der Waals surface area (Å²) in [5.74, 6) is 1.31. The van der Waals surface area contributed by atoms with Gasteiger partial charge in [-0.3, -0.25) is 0 Å². The molecular formula is C17H20BrNO4S. The van der Waals surface area contributed by atoms with Crippen LogP contribution >= 0.6 is 15.9 Å². The molecule has 0 bridgehead atoms. The van der Waals surface area contributed by atoms with Crippen molar-refractivity contribution >= 4 is 26.0 Å². The molecule has 0 fully saturated rings. The fourth-order valence-corrected chi connectivity index (χ4v) is 4.32. The topological polar surface area (TPSA) is 64.6 Å². The molecule has 5 nitrogen and oxygen atoms in total. The van der Waals surface area contributed by atoms with Crippen LogP contribution in [0.4, 0.5) is 0 Å². The van der Waals surface area contributed by atoms with E-state index < -0.39 is 10.0 Å². The summed E-state index contributed by atoms with van der Waals surface area (Å²) in [5, 5.41) is 0. The van der Waals surface area contributed by atoms with Crippen molar-refractivity contribution in [3.05, 3.63) is 52.5 Å². The maximum absolute atomic E-state index is 12.7. The second-order valence-corrected chi connectivity index (χ2v) is 7.72. The average Bonchev–Trinajstić information content (AvgIpc) is 2.59. The predicted octanol–water partition coefficient (Wildman–Crippen LogP) is 3.90. The molecular weight excluding hydrogens is 394 g/mol. The molecule has 2 aromatic carbocycles. The Morgan fingerprint density at radius 1 is 1.08 bits per heavy atom. The molecule has 0 radical (unpaired) electrons. The van der Waals surface area contributed by atoms with E-state index in [1.165, 1.54) is 19.2 Å². The number of hydrogen-bond acceptors (Lipinski definition) is 4. The van der Waals surface area contributed by atoms with Crippen molar-refractivity contribution in [2.24, 2.45) is 0 Å². The molecule has 0 amide bonds. The highest BCUT2D eigenvalue weighted by Crippen LogP contribution is 2.28. The molecule has 0 aliphatic heterocycles. The highest BCUT2D eigenvalue weighted by atomic mass is 79.9. The molecule has 0 spiro atoms. The molecule has 0 unspecified atom stereocenters. The standard InChI is InChI=1S/C17H20BrNO4S/c1-4-16(12-5-7-13(22-2)8-6-12)19-24(20,21)14-9-10-17(23-3)15(18)11-14/h5-11,16,19H,4H2,1-3H3/t16-/m1/s1. The zero-order chi connectivity index (χ0) is 17.7. The van der Waals surface area contributed by atoms with E-state index >= 15 is 0 Å². The quantitative estimate of drug-likeness (QED) is 0.747. The molecule has 0 saturated carbocycles. The van der Waals surface area contributed by atoms with Crippen LogP contribution in [-0.2, 0) is 10.0 Å². The number of nitrogens with one attached hydrogen (secondary N) is 1. The van der Waals surface area contributed by atoms with Gasteiger partial charge in [0.15, 0.2) is 0 Å². The summed E-state index contributed by atoms with van der Waals surface area (Å²) in [4.78, 5) is 0.183. The Morgan fingerprint density at radius 2 is 1.75 bits per heavy atom. The van der Waals surface area contributed by atoms with Gasteiger partial charge < -0.3 is 9.47 Å². The van der Waals surface area contributed by atoms with Gasteiger partial charge in [-0.1, -0.05) is 19.1 Å². The molecule has 1 atom stereocenters. The van der Waals surface area contributed by atoms with Gasteiger partial charge in [0.2, 0.25) is 10.0 Å². The summed E-state index contributed by atoms with van der Waals surface area (Å²) in [6.07, 6.45) is 0.628. The molecule has 0 saturated heterocycles. The lowest BCUT2D eigenvalue weighted by molar-refractivity contribution is 0.411. The number of halogens is 1. The maximum atomic E-state index is 12.7. The van der Waals surface area contributed by atoms with E-state index in [-0.39, 0.29) is 10.9 Å². The summed E-state index contributed by atoms with van der Waals surface area (Å²) >= 11 is 3.31. The number of sulfonamides is 1. The number of benzene rings is 2. The number of methoxy groups -OCH3 is 2. The normalized spacial score (nSPS) is 12.7. The van der Waals surface area contributed by atoms with Crippen molar-refractivity contribution in [3.8, 4) is 11.5 Å². The highest BCUT2D eigenvalue weighted by molar-refractivity contribution is 9.10. The minimum atomic E-state index is -3.65. The van der Waals surface area contributed by atoms with Crippen LogP contribution < -0.4 is 14.2 Å². The largest absolute Gasteiger partial charge is 0.497 e. The third-order valence-electron chi connectivity index (χ3n) is 3.66. The van der Waals surface area contributed by atoms with Crippen molar-refractivity contribution in [1.82, 2.24) is 4.72 Å². The number of hydrogen-bond donors (Lipinski definition) is 1. The molecule has 2 aromatic rings. The van der Waals surface area contributed by atoms with Crippen molar-refractivity contribution in [2.75, 3.05) is 14.2 Å². The van der Waals surface area contributed by atoms with Crippen LogP contribution in [0.5, 0.6) is 11.5 Å². The summed E-state index contributed by atoms with van der Waals surface area (Å²) in [5.41, 5.74) is 0.884. The fourth-order valence-electron chi connectivity index (χ4n) is 2.29. The van der Waals surface area contributed by atoms with Gasteiger partial charge in [0.1, 0.15) is 11.5 Å². The lowest BCUT2D eigenvalue weighted by atomic mass is 10.1. The second-order valence-electron chi connectivity index (χ2n) is 5.15. The molecule has 130 valence electrons. The molecule has 0 aromatic heterocycles. The van der Waals surface area contributed by atoms with Gasteiger partial charge in [-0.15, -0.1) is 0 Å². The highest BCUT2D eigenvalue weighted by Gasteiger charge is 2.21. The first-order valence-corrected chi connectivity index (χ1v) is 9.68. The van der Waals surface area contributed by atoms with Gasteiger partial charge in [0.05, 0.1) is 23.6 Å². The van der Waals surface area contributed by atoms with Crippen LogP contribution in [0, 0.1) is 0 Å². The first-order chi connectivity index (χ1) is 11.4. The lowest BCUT2D eigenvalue weighted by Crippen LogP contribution is -2.28. The van der Waals surface area contributed by atoms with Gasteiger partial charge in [-0.2, -0.15) is 0 Å². The smallest absolute Gasteiger partial charge is 0.241 e. The van der Waals surface area contributed by atoms with Gasteiger partial charge in [-0.25, -0.2) is 13.1 Å². The molecule has 0 heterocycles. The summed E-state index contributed by atoms with van der Waals surface area (Å²) in [7, 11) is -0.525. The monoisotopic (exact) mass is 413 g/mol. The van der Waals surface area contributed by atoms with E-state index in [4.69, 9.17) is 9.47 Å². The van der Waals surface area contributed by atoms with E-state index in [1.54, 1.807) is 13.2 Å². The Balaban J connectivity index is 2.26. The Bertz CT molecular complexity index is 791. The third kappa shape index (κ3) is 4.28. The van der Waals surface area contributed by atoms with E-state index in [0.29, 0.717) is 16.6 Å². The number of ether oxygens (including phenoxy) is 2. The minimum absolute atomic E-state index is 0.183. The molecule has 24 heavy (non-hydrogen) atoms. The second kappa shape index (κ2) is 8.00. The molecule has 0 aliphatic carbocycles. The van der Waals surface area contributed by atoms with E-state index in [0.717, 1.165) is 11.3 Å². The van der Waals surface area contributed by atoms with Crippen LogP contribution in [0.15, 0.2) is 51.8 Å². The van der Waals surface area contributed by atoms with Crippen molar-refractivity contribution in [1.29, 1.82) is 0 Å². The summed E-state index contributed by atoms with van der Waals surface area (Å²) in [6, 6.07) is 11.7. The maximum Gasteiger partial charge on any atom is 0.241 e. The van der Waals surface area contributed by atoms with Gasteiger partial charge in [-0.05, 0) is 58.2 Å². The third-order valence-corrected chi connectivity index (χ3v) is 5.75. The van der Waals surface area contributed by atoms with Crippen LogP contribution in [0.25, 0.3) is 0 Å². The zero-order valence-corrected chi connectivity index (χ0v) is 16.1. The first-order valence-electron chi connectivity index (χ1n) is 7.41. The van der Waals surface area contributed by atoms with E-state index in [1.807, 2.05) is 31.2 Å². The predicted molar refractivity (Wildman–Crippen MR) is 97.0 cm³/mol. The molecule has 0 aliphatic rings. The Hall–Kier alpha value is -1.57. The van der Waals surface area contributed by atoms with E-state index in [9.17, 15) is 8.42 Å². The minimum Gasteiger partial charge on any atom is -0.497 e. The molecule has 7 heteroatoms. The van der Waals surface area contributed by atoms with Crippen LogP contribution in [0.2, 0.25) is 0 Å². The van der Waals surface area contributed by atoms with Crippen LogP contribution in [-0.4, -0.2) is 22.6 Å². The average molecular weight is 414 g/mol. The zero-order valence-electron chi connectivity index (χ0n) is 13.7. The Labute approximate surface area is 151 Å². The van der Waals surface area contributed by atoms with Crippen LogP contribution in [0.3, 0.4) is 0 Å². The van der Waals surface area contributed by atoms with Crippen molar-refractivity contribution < 1.29 is 17.9 Å². The summed E-state index contributed by atoms with van der Waals surface area (Å²) < 4.78 is 38.9. The van der Waals surface area contributed by atoms with Gasteiger partial charge in [0.25, 0.3) is 0 Å². The van der Waals surface area contributed by atoms with Gasteiger partial charge >= 0.3 is 0 Å². The van der Waals surface area contributed by atoms with Crippen molar-refractivity contribution in [3.63, 3.8) is 0 Å². The Morgan fingerprint density at radius 3 is 2.25 bits per heavy atom. The SMILES string of the molecule is CC[C@@H](NS(=O)(=O)c1ccc(OC)c(Br)c1)c1ccc(OC)cc1. The summed E-state index contributed by atoms with van der Waals surface area (Å²) in [6.45, 7) is 1.93.